The molecule has 2 aromatic heterocycles. The van der Waals surface area contributed by atoms with E-state index in [1.165, 1.54) is 16.7 Å². The summed E-state index contributed by atoms with van der Waals surface area (Å²) in [6.45, 7) is 2.20. The quantitative estimate of drug-likeness (QED) is 0.514. The molecular weight excluding hydrogens is 330 g/mol. The minimum Gasteiger partial charge on any atom is -0.273 e. The van der Waals surface area contributed by atoms with E-state index in [2.05, 4.69) is 65.4 Å². The van der Waals surface area contributed by atoms with Gasteiger partial charge < -0.3 is 0 Å². The van der Waals surface area contributed by atoms with Crippen molar-refractivity contribution in [3.63, 3.8) is 0 Å². The molecule has 27 heavy (non-hydrogen) atoms. The van der Waals surface area contributed by atoms with E-state index in [1.807, 2.05) is 36.8 Å². The van der Waals surface area contributed by atoms with Gasteiger partial charge in [-0.2, -0.15) is 0 Å². The molecule has 0 saturated heterocycles. The summed E-state index contributed by atoms with van der Waals surface area (Å²) < 4.78 is 0. The maximum absolute atomic E-state index is 5.25. The maximum atomic E-state index is 5.25. The van der Waals surface area contributed by atoms with Crippen molar-refractivity contribution in [2.75, 3.05) is 0 Å². The second-order valence-electron chi connectivity index (χ2n) is 7.22. The van der Waals surface area contributed by atoms with Crippen LogP contribution in [0.15, 0.2) is 90.3 Å². The molecule has 2 aromatic carbocycles. The average molecular weight is 349 g/mol. The largest absolute Gasteiger partial charge is 0.273 e. The number of nitrogens with zero attached hydrogens (tertiary/aromatic N) is 3. The minimum absolute atomic E-state index is 0.321. The van der Waals surface area contributed by atoms with Crippen molar-refractivity contribution in [3.05, 3.63) is 108 Å². The Kier molecular flexibility index (Phi) is 3.61. The first-order valence-corrected chi connectivity index (χ1v) is 9.17. The molecular formula is C24H19N3. The number of rotatable bonds is 2. The lowest BCUT2D eigenvalue weighted by atomic mass is 9.80. The lowest BCUT2D eigenvalue weighted by Crippen LogP contribution is -2.30. The Morgan fingerprint density at radius 1 is 0.889 bits per heavy atom. The zero-order valence-corrected chi connectivity index (χ0v) is 15.1. The first-order valence-electron chi connectivity index (χ1n) is 9.17. The Morgan fingerprint density at radius 2 is 1.67 bits per heavy atom. The van der Waals surface area contributed by atoms with Gasteiger partial charge >= 0.3 is 0 Å². The molecule has 1 unspecified atom stereocenters. The molecule has 3 heteroatoms. The van der Waals surface area contributed by atoms with E-state index in [4.69, 9.17) is 4.99 Å². The second-order valence-corrected chi connectivity index (χ2v) is 7.22. The summed E-state index contributed by atoms with van der Waals surface area (Å²) in [6, 6.07) is 23.1. The van der Waals surface area contributed by atoms with Gasteiger partial charge in [-0.25, -0.2) is 0 Å². The SMILES string of the molecule is CC1(c2ccncc2)Cc2ccccc2C(c2cnc3ccccc3c2)=N1. The highest BCUT2D eigenvalue weighted by Gasteiger charge is 2.33. The van der Waals surface area contributed by atoms with Gasteiger partial charge in [0, 0.05) is 41.5 Å². The Morgan fingerprint density at radius 3 is 2.56 bits per heavy atom. The summed E-state index contributed by atoms with van der Waals surface area (Å²) in [7, 11) is 0. The van der Waals surface area contributed by atoms with Crippen LogP contribution in [0.2, 0.25) is 0 Å². The van der Waals surface area contributed by atoms with Gasteiger partial charge in [-0.1, -0.05) is 42.5 Å². The Bertz CT molecular complexity index is 1160. The van der Waals surface area contributed by atoms with Crippen LogP contribution in [0, 0.1) is 0 Å². The average Bonchev–Trinajstić information content (AvgIpc) is 2.73. The fourth-order valence-corrected chi connectivity index (χ4v) is 3.92. The van der Waals surface area contributed by atoms with E-state index < -0.39 is 0 Å². The van der Waals surface area contributed by atoms with Gasteiger partial charge in [0.1, 0.15) is 0 Å². The molecule has 1 aliphatic rings. The van der Waals surface area contributed by atoms with E-state index in [-0.39, 0.29) is 5.54 Å². The number of benzene rings is 2. The van der Waals surface area contributed by atoms with Crippen molar-refractivity contribution < 1.29 is 0 Å². The normalized spacial score (nSPS) is 18.8. The molecule has 0 radical (unpaired) electrons. The fourth-order valence-electron chi connectivity index (χ4n) is 3.92. The third-order valence-electron chi connectivity index (χ3n) is 5.33. The monoisotopic (exact) mass is 349 g/mol. The van der Waals surface area contributed by atoms with E-state index >= 15 is 0 Å². The van der Waals surface area contributed by atoms with Crippen LogP contribution in [0.25, 0.3) is 10.9 Å². The second kappa shape index (κ2) is 6.13. The van der Waals surface area contributed by atoms with E-state index in [9.17, 15) is 0 Å². The van der Waals surface area contributed by atoms with Gasteiger partial charge in [-0.05, 0) is 42.3 Å². The molecule has 0 N–H and O–H groups in total. The van der Waals surface area contributed by atoms with E-state index in [1.54, 1.807) is 0 Å². The van der Waals surface area contributed by atoms with Crippen LogP contribution < -0.4 is 0 Å². The molecule has 130 valence electrons. The molecule has 4 aromatic rings. The van der Waals surface area contributed by atoms with Crippen molar-refractivity contribution in [1.29, 1.82) is 0 Å². The fraction of sp³-hybridized carbons (Fsp3) is 0.125. The Labute approximate surface area is 158 Å². The first kappa shape index (κ1) is 15.9. The van der Waals surface area contributed by atoms with E-state index in [0.29, 0.717) is 0 Å². The van der Waals surface area contributed by atoms with Crippen LogP contribution in [-0.2, 0) is 12.0 Å². The van der Waals surface area contributed by atoms with Crippen molar-refractivity contribution >= 4 is 16.6 Å². The highest BCUT2D eigenvalue weighted by Crippen LogP contribution is 2.36. The van der Waals surface area contributed by atoms with Gasteiger partial charge in [0.2, 0.25) is 0 Å². The zero-order valence-electron chi connectivity index (χ0n) is 15.1. The number of para-hydroxylation sites is 1. The minimum atomic E-state index is -0.321. The first-order chi connectivity index (χ1) is 13.2. The van der Waals surface area contributed by atoms with Gasteiger partial charge in [0.25, 0.3) is 0 Å². The topological polar surface area (TPSA) is 38.1 Å². The van der Waals surface area contributed by atoms with E-state index in [0.717, 1.165) is 28.6 Å². The predicted molar refractivity (Wildman–Crippen MR) is 109 cm³/mol. The van der Waals surface area contributed by atoms with Crippen LogP contribution in [0.3, 0.4) is 0 Å². The summed E-state index contributed by atoms with van der Waals surface area (Å²) in [5.74, 6) is 0. The number of pyridine rings is 2. The molecule has 1 atom stereocenters. The van der Waals surface area contributed by atoms with Crippen LogP contribution in [0.4, 0.5) is 0 Å². The zero-order chi connectivity index (χ0) is 18.3. The van der Waals surface area contributed by atoms with Crippen LogP contribution in [0.1, 0.15) is 29.2 Å². The van der Waals surface area contributed by atoms with Gasteiger partial charge in [0.05, 0.1) is 16.8 Å². The van der Waals surface area contributed by atoms with Crippen LogP contribution in [0.5, 0.6) is 0 Å². The highest BCUT2D eigenvalue weighted by molar-refractivity contribution is 6.15. The number of hydrogen-bond acceptors (Lipinski definition) is 3. The number of hydrogen-bond donors (Lipinski definition) is 0. The third-order valence-corrected chi connectivity index (χ3v) is 5.33. The maximum Gasteiger partial charge on any atom is 0.0877 e. The molecule has 3 heterocycles. The number of aliphatic imine (C=N–C) groups is 1. The van der Waals surface area contributed by atoms with Gasteiger partial charge in [-0.3, -0.25) is 15.0 Å². The van der Waals surface area contributed by atoms with Crippen molar-refractivity contribution in [1.82, 2.24) is 9.97 Å². The summed E-state index contributed by atoms with van der Waals surface area (Å²) in [5, 5.41) is 1.13. The molecule has 0 bridgehead atoms. The summed E-state index contributed by atoms with van der Waals surface area (Å²) >= 11 is 0. The molecule has 0 amide bonds. The third kappa shape index (κ3) is 2.72. The Hall–Kier alpha value is -3.33. The molecule has 3 nitrogen and oxygen atoms in total. The van der Waals surface area contributed by atoms with Gasteiger partial charge in [0.15, 0.2) is 0 Å². The summed E-state index contributed by atoms with van der Waals surface area (Å²) in [4.78, 5) is 14.1. The van der Waals surface area contributed by atoms with Crippen LogP contribution >= 0.6 is 0 Å². The highest BCUT2D eigenvalue weighted by atomic mass is 14.9. The smallest absolute Gasteiger partial charge is 0.0877 e. The molecule has 0 aliphatic carbocycles. The molecule has 0 fully saturated rings. The molecule has 5 rings (SSSR count). The van der Waals surface area contributed by atoms with Crippen LogP contribution in [-0.4, -0.2) is 15.7 Å². The summed E-state index contributed by atoms with van der Waals surface area (Å²) in [5.41, 5.74) is 6.44. The molecule has 1 aliphatic heterocycles. The van der Waals surface area contributed by atoms with Crippen molar-refractivity contribution in [2.24, 2.45) is 4.99 Å². The predicted octanol–water partition coefficient (Wildman–Crippen LogP) is 4.94. The van der Waals surface area contributed by atoms with Crippen molar-refractivity contribution in [2.45, 2.75) is 18.9 Å². The molecule has 0 spiro atoms. The lowest BCUT2D eigenvalue weighted by Gasteiger charge is -2.33. The van der Waals surface area contributed by atoms with Crippen molar-refractivity contribution in [3.8, 4) is 0 Å². The summed E-state index contributed by atoms with van der Waals surface area (Å²) in [6.07, 6.45) is 6.50. The number of fused-ring (bicyclic) bond motifs is 2. The molecule has 0 saturated carbocycles. The van der Waals surface area contributed by atoms with Gasteiger partial charge in [-0.15, -0.1) is 0 Å². The Balaban J connectivity index is 1.73. The number of aromatic nitrogens is 2. The lowest BCUT2D eigenvalue weighted by molar-refractivity contribution is 0.488. The standard InChI is InChI=1S/C24H19N3/c1-24(20-10-12-25-13-11-20)15-18-7-2-4-8-21(18)23(27-24)19-14-17-6-3-5-9-22(17)26-16-19/h2-14,16H,15H2,1H3.